The second-order valence-corrected chi connectivity index (χ2v) is 10.1. The molecule has 33 heavy (non-hydrogen) atoms. The fourth-order valence-corrected chi connectivity index (χ4v) is 5.30. The van der Waals surface area contributed by atoms with Gasteiger partial charge in [0.15, 0.2) is 5.12 Å². The minimum atomic E-state index is -4.54. The van der Waals surface area contributed by atoms with Gasteiger partial charge in [0, 0.05) is 0 Å². The van der Waals surface area contributed by atoms with Crippen LogP contribution in [0.1, 0.15) is 28.7 Å². The topological polar surface area (TPSA) is 63.2 Å². The highest BCUT2D eigenvalue weighted by Gasteiger charge is 2.37. The Morgan fingerprint density at radius 1 is 0.879 bits per heavy atom. The summed E-state index contributed by atoms with van der Waals surface area (Å²) in [6.45, 7) is 1.82. The third-order valence-corrected chi connectivity index (χ3v) is 7.36. The number of benzene rings is 3. The number of alkyl halides is 3. The highest BCUT2D eigenvalue weighted by atomic mass is 32.2. The van der Waals surface area contributed by atoms with Gasteiger partial charge in [0.05, 0.1) is 22.6 Å². The Balaban J connectivity index is 2.07. The molecule has 0 aliphatic heterocycles. The van der Waals surface area contributed by atoms with Crippen molar-refractivity contribution in [2.45, 2.75) is 30.0 Å². The monoisotopic (exact) mass is 493 g/mol. The number of sulfonamides is 1. The predicted molar refractivity (Wildman–Crippen MR) is 123 cm³/mol. The predicted octanol–water partition coefficient (Wildman–Crippen LogP) is 5.62. The number of aryl methyl sites for hydroxylation is 1. The third kappa shape index (κ3) is 6.93. The van der Waals surface area contributed by atoms with Crippen LogP contribution in [-0.4, -0.2) is 25.5 Å². The van der Waals surface area contributed by atoms with Crippen LogP contribution < -0.4 is 4.72 Å². The van der Waals surface area contributed by atoms with Crippen molar-refractivity contribution >= 4 is 26.9 Å². The summed E-state index contributed by atoms with van der Waals surface area (Å²) in [7, 11) is -4.09. The summed E-state index contributed by atoms with van der Waals surface area (Å²) in [5.74, 6) is -2.54. The molecule has 3 rings (SSSR count). The Labute approximate surface area is 195 Å². The largest absolute Gasteiger partial charge is 0.398 e. The van der Waals surface area contributed by atoms with Crippen molar-refractivity contribution in [1.29, 1.82) is 0 Å². The molecule has 0 radical (unpaired) electrons. The van der Waals surface area contributed by atoms with Gasteiger partial charge in [-0.15, -0.1) is 0 Å². The van der Waals surface area contributed by atoms with Gasteiger partial charge in [-0.25, -0.2) is 13.1 Å². The minimum absolute atomic E-state index is 0.00348. The molecule has 0 fully saturated rings. The molecule has 174 valence electrons. The van der Waals surface area contributed by atoms with Crippen molar-refractivity contribution in [2.75, 3.05) is 5.75 Å². The molecule has 0 spiro atoms. The molecule has 4 nitrogen and oxygen atoms in total. The van der Waals surface area contributed by atoms with Crippen molar-refractivity contribution in [3.05, 3.63) is 102 Å². The maximum absolute atomic E-state index is 13.2. The van der Waals surface area contributed by atoms with Crippen LogP contribution in [0.15, 0.2) is 89.8 Å². The van der Waals surface area contributed by atoms with Crippen molar-refractivity contribution in [3.8, 4) is 0 Å². The van der Waals surface area contributed by atoms with Crippen LogP contribution in [0.4, 0.5) is 13.2 Å². The zero-order chi connectivity index (χ0) is 24.1. The van der Waals surface area contributed by atoms with Crippen LogP contribution in [0.25, 0.3) is 0 Å². The van der Waals surface area contributed by atoms with E-state index in [0.29, 0.717) is 11.1 Å². The van der Waals surface area contributed by atoms with Crippen LogP contribution in [0.5, 0.6) is 0 Å². The molecule has 0 heterocycles. The van der Waals surface area contributed by atoms with E-state index in [4.69, 9.17) is 0 Å². The van der Waals surface area contributed by atoms with Gasteiger partial charge in [0.25, 0.3) is 0 Å². The molecule has 1 N–H and O–H groups in total. The lowest BCUT2D eigenvalue weighted by Gasteiger charge is -2.28. The Morgan fingerprint density at radius 2 is 1.39 bits per heavy atom. The molecule has 0 saturated heterocycles. The number of thioether (sulfide) groups is 1. The van der Waals surface area contributed by atoms with E-state index in [9.17, 15) is 26.4 Å². The van der Waals surface area contributed by atoms with E-state index in [0.717, 1.165) is 5.56 Å². The molecule has 0 amide bonds. The molecule has 0 unspecified atom stereocenters. The molecule has 3 aromatic carbocycles. The van der Waals surface area contributed by atoms with Gasteiger partial charge >= 0.3 is 6.18 Å². The Morgan fingerprint density at radius 3 is 1.91 bits per heavy atom. The quantitative estimate of drug-likeness (QED) is 0.442. The standard InChI is InChI=1S/C24H22F3NO3S2/c1-17-12-14-20(15-13-17)33(30,31)28-22(19-10-6-3-7-11-19)21(18-8-4-2-5-9-18)23(29)32-16-24(25,26)27/h2-15,21-22,28H,16H2,1H3/t21-,22+/m1/s1. The van der Waals surface area contributed by atoms with Gasteiger partial charge < -0.3 is 0 Å². The number of carbonyl (C=O) groups is 1. The van der Waals surface area contributed by atoms with Crippen LogP contribution >= 0.6 is 11.8 Å². The fourth-order valence-electron chi connectivity index (χ4n) is 3.31. The second-order valence-electron chi connectivity index (χ2n) is 7.43. The molecule has 9 heteroatoms. The first-order valence-electron chi connectivity index (χ1n) is 9.99. The molecular formula is C24H22F3NO3S2. The third-order valence-electron chi connectivity index (χ3n) is 4.90. The number of carbonyl (C=O) groups excluding carboxylic acids is 1. The molecule has 2 atom stereocenters. The van der Waals surface area contributed by atoms with Gasteiger partial charge in [-0.3, -0.25) is 4.79 Å². The van der Waals surface area contributed by atoms with Gasteiger partial charge in [-0.05, 0) is 30.2 Å². The number of hydrogen-bond acceptors (Lipinski definition) is 4. The molecule has 0 bridgehead atoms. The molecule has 0 aliphatic carbocycles. The summed E-state index contributed by atoms with van der Waals surface area (Å²) < 4.78 is 67.5. The Bertz CT molecular complexity index is 1170. The van der Waals surface area contributed by atoms with Gasteiger partial charge in [-0.2, -0.15) is 13.2 Å². The normalized spacial score (nSPS) is 13.9. The lowest BCUT2D eigenvalue weighted by atomic mass is 9.88. The maximum Gasteiger partial charge on any atom is 0.398 e. The van der Waals surface area contributed by atoms with E-state index in [1.807, 2.05) is 6.92 Å². The van der Waals surface area contributed by atoms with Crippen LogP contribution in [-0.2, 0) is 14.8 Å². The molecule has 0 aromatic heterocycles. The van der Waals surface area contributed by atoms with E-state index in [1.165, 1.54) is 12.1 Å². The highest BCUT2D eigenvalue weighted by molar-refractivity contribution is 8.13. The van der Waals surface area contributed by atoms with Crippen LogP contribution in [0, 0.1) is 6.92 Å². The second kappa shape index (κ2) is 10.5. The number of hydrogen-bond donors (Lipinski definition) is 1. The van der Waals surface area contributed by atoms with Crippen molar-refractivity contribution in [3.63, 3.8) is 0 Å². The number of rotatable bonds is 8. The number of halogens is 3. The lowest BCUT2D eigenvalue weighted by Crippen LogP contribution is -2.35. The Hall–Kier alpha value is -2.62. The van der Waals surface area contributed by atoms with Gasteiger partial charge in [-0.1, -0.05) is 90.1 Å². The van der Waals surface area contributed by atoms with Crippen molar-refractivity contribution < 1.29 is 26.4 Å². The average molecular weight is 494 g/mol. The first-order chi connectivity index (χ1) is 15.6. The molecule has 3 aromatic rings. The van der Waals surface area contributed by atoms with Crippen molar-refractivity contribution in [1.82, 2.24) is 4.72 Å². The summed E-state index contributed by atoms with van der Waals surface area (Å²) in [6, 6.07) is 21.6. The first kappa shape index (κ1) is 25.0. The van der Waals surface area contributed by atoms with E-state index in [2.05, 4.69) is 4.72 Å². The highest BCUT2D eigenvalue weighted by Crippen LogP contribution is 2.37. The van der Waals surface area contributed by atoms with E-state index in [1.54, 1.807) is 72.8 Å². The zero-order valence-corrected chi connectivity index (χ0v) is 19.3. The van der Waals surface area contributed by atoms with Crippen LogP contribution in [0.2, 0.25) is 0 Å². The Kier molecular flexibility index (Phi) is 7.99. The zero-order valence-electron chi connectivity index (χ0n) is 17.6. The maximum atomic E-state index is 13.2. The van der Waals surface area contributed by atoms with Gasteiger partial charge in [0.1, 0.15) is 0 Å². The van der Waals surface area contributed by atoms with Gasteiger partial charge in [0.2, 0.25) is 10.0 Å². The summed E-state index contributed by atoms with van der Waals surface area (Å²) >= 11 is 0.134. The molecule has 0 aliphatic rings. The molecular weight excluding hydrogens is 471 g/mol. The minimum Gasteiger partial charge on any atom is -0.286 e. The number of nitrogens with one attached hydrogen (secondary N) is 1. The average Bonchev–Trinajstić information content (AvgIpc) is 2.78. The summed E-state index contributed by atoms with van der Waals surface area (Å²) in [4.78, 5) is 13.1. The van der Waals surface area contributed by atoms with E-state index >= 15 is 0 Å². The first-order valence-corrected chi connectivity index (χ1v) is 12.5. The lowest BCUT2D eigenvalue weighted by molar-refractivity contribution is -0.115. The molecule has 0 saturated carbocycles. The summed E-state index contributed by atoms with van der Waals surface area (Å²) in [5.41, 5.74) is 1.75. The summed E-state index contributed by atoms with van der Waals surface area (Å²) in [5, 5.41) is -0.779. The van der Waals surface area contributed by atoms with Crippen LogP contribution in [0.3, 0.4) is 0 Å². The summed E-state index contributed by atoms with van der Waals surface area (Å²) in [6.07, 6.45) is -4.54. The fraction of sp³-hybridized carbons (Fsp3) is 0.208. The SMILES string of the molecule is Cc1ccc(S(=O)(=O)N[C@@H](c2ccccc2)[C@H](C(=O)SCC(F)(F)F)c2ccccc2)cc1. The van der Waals surface area contributed by atoms with E-state index < -0.39 is 39.0 Å². The smallest absolute Gasteiger partial charge is 0.286 e. The van der Waals surface area contributed by atoms with E-state index in [-0.39, 0.29) is 16.7 Å². The van der Waals surface area contributed by atoms with Crippen molar-refractivity contribution in [2.24, 2.45) is 0 Å².